The van der Waals surface area contributed by atoms with E-state index in [1.54, 1.807) is 6.07 Å². The topological polar surface area (TPSA) is 61.8 Å². The molecule has 0 bridgehead atoms. The number of nitrogens with zero attached hydrogens (tertiary/aromatic N) is 1. The second kappa shape index (κ2) is 4.72. The van der Waals surface area contributed by atoms with Crippen LogP contribution in [0.2, 0.25) is 0 Å². The Morgan fingerprint density at radius 1 is 1.06 bits per heavy atom. The summed E-state index contributed by atoms with van der Waals surface area (Å²) in [5.74, 6) is -1.16. The quantitative estimate of drug-likeness (QED) is 0.799. The highest BCUT2D eigenvalue weighted by Crippen LogP contribution is 2.24. The minimum absolute atomic E-state index is 0.0312. The summed E-state index contributed by atoms with van der Waals surface area (Å²) in [6, 6.07) is 9.56. The highest BCUT2D eigenvalue weighted by molar-refractivity contribution is 5.69. The molecule has 90 valence electrons. The maximum Gasteiger partial charge on any atom is 0.146 e. The van der Waals surface area contributed by atoms with Crippen molar-refractivity contribution < 1.29 is 8.78 Å². The van der Waals surface area contributed by atoms with Gasteiger partial charge < -0.3 is 11.1 Å². The number of nitrogen functional groups attached to an aromatic ring is 1. The van der Waals surface area contributed by atoms with Crippen molar-refractivity contribution in [1.29, 1.82) is 5.26 Å². The zero-order valence-corrected chi connectivity index (χ0v) is 9.24. The molecule has 0 unspecified atom stereocenters. The van der Waals surface area contributed by atoms with Crippen LogP contribution in [0.1, 0.15) is 5.56 Å². The van der Waals surface area contributed by atoms with E-state index in [1.807, 2.05) is 6.07 Å². The normalized spacial score (nSPS) is 9.83. The van der Waals surface area contributed by atoms with Crippen molar-refractivity contribution >= 4 is 17.1 Å². The molecule has 0 amide bonds. The first kappa shape index (κ1) is 11.9. The Balaban J connectivity index is 2.40. The summed E-state index contributed by atoms with van der Waals surface area (Å²) < 4.78 is 26.4. The lowest BCUT2D eigenvalue weighted by Crippen LogP contribution is -1.98. The molecule has 0 aliphatic rings. The fourth-order valence-electron chi connectivity index (χ4n) is 1.50. The lowest BCUT2D eigenvalue weighted by molar-refractivity contribution is 0.603. The number of nitrogens with one attached hydrogen (secondary N) is 1. The minimum atomic E-state index is -0.600. The Kier molecular flexibility index (Phi) is 3.11. The third kappa shape index (κ3) is 2.38. The van der Waals surface area contributed by atoms with Crippen LogP contribution in [0, 0.1) is 23.0 Å². The fourth-order valence-corrected chi connectivity index (χ4v) is 1.50. The summed E-state index contributed by atoms with van der Waals surface area (Å²) in [4.78, 5) is 0. The maximum atomic E-state index is 13.4. The number of nitrogens with two attached hydrogens (primary N) is 1. The molecule has 0 aromatic heterocycles. The molecule has 0 atom stereocenters. The van der Waals surface area contributed by atoms with Crippen LogP contribution in [-0.4, -0.2) is 0 Å². The van der Waals surface area contributed by atoms with Crippen molar-refractivity contribution in [2.45, 2.75) is 0 Å². The summed E-state index contributed by atoms with van der Waals surface area (Å²) >= 11 is 0. The van der Waals surface area contributed by atoms with E-state index in [0.29, 0.717) is 11.4 Å². The number of rotatable bonds is 2. The molecule has 0 heterocycles. The van der Waals surface area contributed by atoms with Gasteiger partial charge in [0.2, 0.25) is 0 Å². The molecule has 2 aromatic rings. The average Bonchev–Trinajstić information content (AvgIpc) is 2.36. The van der Waals surface area contributed by atoms with Gasteiger partial charge in [-0.2, -0.15) is 5.26 Å². The van der Waals surface area contributed by atoms with E-state index >= 15 is 0 Å². The third-order valence-electron chi connectivity index (χ3n) is 2.36. The Morgan fingerprint density at radius 3 is 2.56 bits per heavy atom. The molecule has 0 aliphatic heterocycles. The van der Waals surface area contributed by atoms with E-state index in [2.05, 4.69) is 5.32 Å². The maximum absolute atomic E-state index is 13.4. The van der Waals surface area contributed by atoms with Crippen LogP contribution in [-0.2, 0) is 0 Å². The summed E-state index contributed by atoms with van der Waals surface area (Å²) in [5.41, 5.74) is 6.57. The van der Waals surface area contributed by atoms with E-state index < -0.39 is 11.6 Å². The summed E-state index contributed by atoms with van der Waals surface area (Å²) in [7, 11) is 0. The van der Waals surface area contributed by atoms with Gasteiger partial charge in [-0.3, -0.25) is 0 Å². The number of hydrogen-bond donors (Lipinski definition) is 2. The minimum Gasteiger partial charge on any atom is -0.399 e. The molecular formula is C13H9F2N3. The molecule has 0 aliphatic carbocycles. The predicted molar refractivity (Wildman–Crippen MR) is 65.2 cm³/mol. The Morgan fingerprint density at radius 2 is 1.83 bits per heavy atom. The number of halogens is 2. The van der Waals surface area contributed by atoms with Gasteiger partial charge in [-0.05, 0) is 30.3 Å². The molecule has 3 nitrogen and oxygen atoms in total. The Labute approximate surface area is 102 Å². The molecule has 5 heteroatoms. The SMILES string of the molecule is N#Cc1cc(N)ccc1Nc1cc(F)ccc1F. The molecule has 0 saturated carbocycles. The lowest BCUT2D eigenvalue weighted by atomic mass is 10.1. The molecular weight excluding hydrogens is 236 g/mol. The zero-order valence-electron chi connectivity index (χ0n) is 9.24. The van der Waals surface area contributed by atoms with Gasteiger partial charge in [0.1, 0.15) is 17.7 Å². The van der Waals surface area contributed by atoms with Gasteiger partial charge in [0, 0.05) is 11.8 Å². The zero-order chi connectivity index (χ0) is 13.1. The van der Waals surface area contributed by atoms with Crippen molar-refractivity contribution in [2.24, 2.45) is 0 Å². The van der Waals surface area contributed by atoms with Crippen LogP contribution in [0.5, 0.6) is 0 Å². The van der Waals surface area contributed by atoms with E-state index in [1.165, 1.54) is 12.1 Å². The first-order valence-corrected chi connectivity index (χ1v) is 5.12. The van der Waals surface area contributed by atoms with Crippen molar-refractivity contribution in [3.8, 4) is 6.07 Å². The summed E-state index contributed by atoms with van der Waals surface area (Å²) in [5, 5.41) is 11.6. The standard InChI is InChI=1S/C13H9F2N3/c14-9-1-3-11(15)13(6-9)18-12-4-2-10(17)5-8(12)7-16/h1-6,18H,17H2. The van der Waals surface area contributed by atoms with Crippen molar-refractivity contribution in [3.63, 3.8) is 0 Å². The average molecular weight is 245 g/mol. The predicted octanol–water partition coefficient (Wildman–Crippen LogP) is 3.16. The van der Waals surface area contributed by atoms with Crippen LogP contribution in [0.4, 0.5) is 25.8 Å². The van der Waals surface area contributed by atoms with Gasteiger partial charge >= 0.3 is 0 Å². The second-order valence-electron chi connectivity index (χ2n) is 3.67. The molecule has 2 aromatic carbocycles. The Hall–Kier alpha value is -2.61. The molecule has 0 spiro atoms. The van der Waals surface area contributed by atoms with Crippen LogP contribution < -0.4 is 11.1 Å². The van der Waals surface area contributed by atoms with Crippen LogP contribution in [0.25, 0.3) is 0 Å². The van der Waals surface area contributed by atoms with Gasteiger partial charge in [-0.1, -0.05) is 0 Å². The summed E-state index contributed by atoms with van der Waals surface area (Å²) in [6.45, 7) is 0. The van der Waals surface area contributed by atoms with Gasteiger partial charge in [0.15, 0.2) is 0 Å². The highest BCUT2D eigenvalue weighted by atomic mass is 19.1. The molecule has 18 heavy (non-hydrogen) atoms. The monoisotopic (exact) mass is 245 g/mol. The number of nitriles is 1. The second-order valence-corrected chi connectivity index (χ2v) is 3.67. The molecule has 0 saturated heterocycles. The third-order valence-corrected chi connectivity index (χ3v) is 2.36. The molecule has 0 radical (unpaired) electrons. The number of hydrogen-bond acceptors (Lipinski definition) is 3. The number of benzene rings is 2. The van der Waals surface area contributed by atoms with Crippen molar-refractivity contribution in [3.05, 3.63) is 53.6 Å². The van der Waals surface area contributed by atoms with Crippen LogP contribution in [0.3, 0.4) is 0 Å². The molecule has 2 rings (SSSR count). The van der Waals surface area contributed by atoms with E-state index in [0.717, 1.165) is 18.2 Å². The van der Waals surface area contributed by atoms with Gasteiger partial charge in [0.25, 0.3) is 0 Å². The van der Waals surface area contributed by atoms with Crippen molar-refractivity contribution in [2.75, 3.05) is 11.1 Å². The van der Waals surface area contributed by atoms with Crippen LogP contribution >= 0.6 is 0 Å². The molecule has 3 N–H and O–H groups in total. The smallest absolute Gasteiger partial charge is 0.146 e. The fraction of sp³-hybridized carbons (Fsp3) is 0. The van der Waals surface area contributed by atoms with Gasteiger partial charge in [0.05, 0.1) is 16.9 Å². The van der Waals surface area contributed by atoms with E-state index in [-0.39, 0.29) is 11.3 Å². The molecule has 0 fully saturated rings. The first-order valence-electron chi connectivity index (χ1n) is 5.12. The largest absolute Gasteiger partial charge is 0.399 e. The van der Waals surface area contributed by atoms with Crippen LogP contribution in [0.15, 0.2) is 36.4 Å². The lowest BCUT2D eigenvalue weighted by Gasteiger charge is -2.09. The number of anilines is 3. The van der Waals surface area contributed by atoms with E-state index in [4.69, 9.17) is 11.0 Å². The summed E-state index contributed by atoms with van der Waals surface area (Å²) in [6.07, 6.45) is 0. The highest BCUT2D eigenvalue weighted by Gasteiger charge is 2.07. The van der Waals surface area contributed by atoms with Crippen molar-refractivity contribution in [1.82, 2.24) is 0 Å². The van der Waals surface area contributed by atoms with E-state index in [9.17, 15) is 8.78 Å². The Bertz CT molecular complexity index is 633. The van der Waals surface area contributed by atoms with Gasteiger partial charge in [-0.15, -0.1) is 0 Å². The van der Waals surface area contributed by atoms with Gasteiger partial charge in [-0.25, -0.2) is 8.78 Å². The first-order chi connectivity index (χ1) is 8.60.